The summed E-state index contributed by atoms with van der Waals surface area (Å²) in [7, 11) is 1.65. The maximum Gasteiger partial charge on any atom is 0.270 e. The number of anilines is 1. The van der Waals surface area contributed by atoms with Crippen LogP contribution in [0.1, 0.15) is 38.7 Å². The Hall–Kier alpha value is -2.60. The van der Waals surface area contributed by atoms with Crippen LogP contribution in [-0.4, -0.2) is 24.5 Å². The Morgan fingerprint density at radius 1 is 1.22 bits per heavy atom. The van der Waals surface area contributed by atoms with Crippen molar-refractivity contribution >= 4 is 22.9 Å². The second kappa shape index (κ2) is 6.85. The van der Waals surface area contributed by atoms with Crippen molar-refractivity contribution in [3.05, 3.63) is 51.7 Å². The molecular weight excluding hydrogens is 360 g/mol. The first-order valence-electron chi connectivity index (χ1n) is 9.02. The number of carbonyl (C=O) groups excluding carboxylic acids is 1. The van der Waals surface area contributed by atoms with E-state index in [1.807, 2.05) is 36.9 Å². The minimum Gasteiger partial charge on any atom is -0.495 e. The van der Waals surface area contributed by atoms with Gasteiger partial charge in [0.1, 0.15) is 16.4 Å². The van der Waals surface area contributed by atoms with Crippen molar-refractivity contribution in [2.24, 2.45) is 0 Å². The van der Waals surface area contributed by atoms with Crippen molar-refractivity contribution in [3.63, 3.8) is 0 Å². The minimum atomic E-state index is -0.0237. The average molecular weight is 382 g/mol. The number of aromatic nitrogens is 1. The van der Waals surface area contributed by atoms with Crippen molar-refractivity contribution in [2.75, 3.05) is 18.6 Å². The molecule has 4 rings (SSSR count). The Kier molecular flexibility index (Phi) is 4.52. The number of aryl methyl sites for hydroxylation is 3. The summed E-state index contributed by atoms with van der Waals surface area (Å²) in [4.78, 5) is 20.5. The van der Waals surface area contributed by atoms with Crippen LogP contribution >= 0.6 is 11.3 Å². The molecule has 1 aliphatic heterocycles. The summed E-state index contributed by atoms with van der Waals surface area (Å²) in [6, 6.07) is 7.80. The van der Waals surface area contributed by atoms with E-state index in [0.29, 0.717) is 17.2 Å². The van der Waals surface area contributed by atoms with Gasteiger partial charge in [0.25, 0.3) is 5.91 Å². The van der Waals surface area contributed by atoms with Gasteiger partial charge in [-0.1, -0.05) is 6.07 Å². The Bertz CT molecular complexity index is 1020. The lowest BCUT2D eigenvalue weighted by atomic mass is 9.96. The van der Waals surface area contributed by atoms with E-state index in [-0.39, 0.29) is 5.91 Å². The fourth-order valence-corrected chi connectivity index (χ4v) is 4.57. The Morgan fingerprint density at radius 2 is 2.04 bits per heavy atom. The van der Waals surface area contributed by atoms with E-state index in [1.165, 1.54) is 22.5 Å². The number of carbonyl (C=O) groups is 1. The van der Waals surface area contributed by atoms with E-state index >= 15 is 0 Å². The molecule has 0 radical (unpaired) electrons. The Labute approximate surface area is 162 Å². The molecule has 0 saturated heterocycles. The van der Waals surface area contributed by atoms with Crippen LogP contribution in [0.3, 0.4) is 0 Å². The molecule has 3 heterocycles. The zero-order chi connectivity index (χ0) is 19.1. The molecule has 1 aromatic carbocycles. The van der Waals surface area contributed by atoms with Crippen LogP contribution in [0.4, 0.5) is 5.69 Å². The fourth-order valence-electron chi connectivity index (χ4n) is 3.59. The summed E-state index contributed by atoms with van der Waals surface area (Å²) in [5.74, 6) is 2.25. The molecule has 0 bridgehead atoms. The van der Waals surface area contributed by atoms with Crippen LogP contribution in [0.2, 0.25) is 0 Å². The lowest BCUT2D eigenvalue weighted by Crippen LogP contribution is -2.36. The second-order valence-electron chi connectivity index (χ2n) is 6.82. The van der Waals surface area contributed by atoms with E-state index in [1.54, 1.807) is 7.11 Å². The van der Waals surface area contributed by atoms with Gasteiger partial charge in [0, 0.05) is 6.54 Å². The highest BCUT2D eigenvalue weighted by molar-refractivity contribution is 7.17. The summed E-state index contributed by atoms with van der Waals surface area (Å²) in [5.41, 5.74) is 4.01. The van der Waals surface area contributed by atoms with Crippen LogP contribution in [0, 0.1) is 20.8 Å². The molecule has 2 aromatic heterocycles. The average Bonchev–Trinajstić information content (AvgIpc) is 3.27. The zero-order valence-corrected chi connectivity index (χ0v) is 16.8. The third-order valence-electron chi connectivity index (χ3n) is 4.97. The number of hydrogen-bond donors (Lipinski definition) is 0. The summed E-state index contributed by atoms with van der Waals surface area (Å²) in [6.45, 7) is 6.54. The number of methoxy groups -OCH3 is 1. The lowest BCUT2D eigenvalue weighted by Gasteiger charge is -2.31. The quantitative estimate of drug-likeness (QED) is 0.644. The summed E-state index contributed by atoms with van der Waals surface area (Å²) >= 11 is 1.38. The minimum absolute atomic E-state index is 0.0237. The zero-order valence-electron chi connectivity index (χ0n) is 16.0. The number of nitrogens with zero attached hydrogens (tertiary/aromatic N) is 2. The third kappa shape index (κ3) is 3.04. The molecule has 0 atom stereocenters. The first-order chi connectivity index (χ1) is 13.0. The molecule has 27 heavy (non-hydrogen) atoms. The molecule has 0 spiro atoms. The standard InChI is InChI=1S/C21H22N2O3S/c1-12-7-9-16(25-4)18-15(12)6-5-11-23(18)21(24)19-14(3)22-20(27-19)17-10-8-13(2)26-17/h7-10H,5-6,11H2,1-4H3. The fraction of sp³-hybridized carbons (Fsp3) is 0.333. The van der Waals surface area contributed by atoms with Gasteiger partial charge >= 0.3 is 0 Å². The first kappa shape index (κ1) is 17.8. The van der Waals surface area contributed by atoms with E-state index in [0.717, 1.165) is 40.7 Å². The van der Waals surface area contributed by atoms with E-state index in [2.05, 4.69) is 18.0 Å². The third-order valence-corrected chi connectivity index (χ3v) is 6.13. The number of fused-ring (bicyclic) bond motifs is 1. The number of thiazole rings is 1. The van der Waals surface area contributed by atoms with Gasteiger partial charge < -0.3 is 14.1 Å². The molecule has 5 nitrogen and oxygen atoms in total. The number of rotatable bonds is 3. The molecule has 0 unspecified atom stereocenters. The van der Waals surface area contributed by atoms with Gasteiger partial charge in [-0.15, -0.1) is 11.3 Å². The number of ether oxygens (including phenoxy) is 1. The maximum atomic E-state index is 13.4. The number of hydrogen-bond acceptors (Lipinski definition) is 5. The molecule has 0 N–H and O–H groups in total. The Balaban J connectivity index is 1.75. The van der Waals surface area contributed by atoms with Gasteiger partial charge in [-0.2, -0.15) is 0 Å². The molecular formula is C21H22N2O3S. The largest absolute Gasteiger partial charge is 0.495 e. The van der Waals surface area contributed by atoms with Gasteiger partial charge in [-0.3, -0.25) is 4.79 Å². The predicted octanol–water partition coefficient (Wildman–Crippen LogP) is 4.93. The van der Waals surface area contributed by atoms with E-state index < -0.39 is 0 Å². The van der Waals surface area contributed by atoms with Crippen LogP contribution in [0.15, 0.2) is 28.7 Å². The van der Waals surface area contributed by atoms with Gasteiger partial charge in [0.05, 0.1) is 18.5 Å². The second-order valence-corrected chi connectivity index (χ2v) is 7.82. The monoisotopic (exact) mass is 382 g/mol. The summed E-state index contributed by atoms with van der Waals surface area (Å²) in [5, 5.41) is 0.734. The predicted molar refractivity (Wildman–Crippen MR) is 107 cm³/mol. The topological polar surface area (TPSA) is 55.6 Å². The molecule has 0 saturated carbocycles. The highest BCUT2D eigenvalue weighted by atomic mass is 32.1. The van der Waals surface area contributed by atoms with Gasteiger partial charge in [0.2, 0.25) is 0 Å². The molecule has 1 amide bonds. The maximum absolute atomic E-state index is 13.4. The van der Waals surface area contributed by atoms with Crippen molar-refractivity contribution in [2.45, 2.75) is 33.6 Å². The van der Waals surface area contributed by atoms with Gasteiger partial charge in [-0.05, 0) is 62.9 Å². The Morgan fingerprint density at radius 3 is 2.74 bits per heavy atom. The van der Waals surface area contributed by atoms with Crippen molar-refractivity contribution in [3.8, 4) is 16.5 Å². The SMILES string of the molecule is COc1ccc(C)c2c1N(C(=O)c1sc(-c3ccc(C)o3)nc1C)CCC2. The van der Waals surface area contributed by atoms with Crippen molar-refractivity contribution in [1.29, 1.82) is 0 Å². The lowest BCUT2D eigenvalue weighted by molar-refractivity contribution is 0.0987. The molecule has 1 aliphatic rings. The van der Waals surface area contributed by atoms with E-state index in [9.17, 15) is 4.79 Å². The molecule has 3 aromatic rings. The number of benzene rings is 1. The van der Waals surface area contributed by atoms with Crippen LogP contribution in [0.5, 0.6) is 5.75 Å². The van der Waals surface area contributed by atoms with E-state index in [4.69, 9.17) is 9.15 Å². The van der Waals surface area contributed by atoms with Gasteiger partial charge in [0.15, 0.2) is 10.8 Å². The van der Waals surface area contributed by atoms with Crippen LogP contribution in [-0.2, 0) is 6.42 Å². The number of amides is 1. The summed E-state index contributed by atoms with van der Waals surface area (Å²) in [6.07, 6.45) is 1.90. The van der Waals surface area contributed by atoms with Gasteiger partial charge in [-0.25, -0.2) is 4.98 Å². The van der Waals surface area contributed by atoms with Crippen LogP contribution < -0.4 is 9.64 Å². The van der Waals surface area contributed by atoms with Crippen molar-refractivity contribution in [1.82, 2.24) is 4.98 Å². The highest BCUT2D eigenvalue weighted by Crippen LogP contribution is 2.40. The summed E-state index contributed by atoms with van der Waals surface area (Å²) < 4.78 is 11.2. The van der Waals surface area contributed by atoms with Crippen molar-refractivity contribution < 1.29 is 13.9 Å². The normalized spacial score (nSPS) is 13.6. The smallest absolute Gasteiger partial charge is 0.270 e. The first-order valence-corrected chi connectivity index (χ1v) is 9.84. The number of furan rings is 1. The molecule has 0 aliphatic carbocycles. The van der Waals surface area contributed by atoms with Crippen LogP contribution in [0.25, 0.3) is 10.8 Å². The molecule has 0 fully saturated rings. The molecule has 140 valence electrons. The molecule has 6 heteroatoms. The highest BCUT2D eigenvalue weighted by Gasteiger charge is 2.30.